The number of anilines is 1. The number of carbonyl (C=O) groups excluding carboxylic acids is 2. The predicted molar refractivity (Wildman–Crippen MR) is 160 cm³/mol. The average Bonchev–Trinajstić information content (AvgIpc) is 3.20. The van der Waals surface area contributed by atoms with Gasteiger partial charge in [0.05, 0.1) is 19.4 Å². The van der Waals surface area contributed by atoms with Crippen LogP contribution in [0.4, 0.5) is 15.8 Å². The van der Waals surface area contributed by atoms with Crippen LogP contribution in [0.15, 0.2) is 69.7 Å². The van der Waals surface area contributed by atoms with Crippen molar-refractivity contribution in [3.63, 3.8) is 0 Å². The maximum Gasteiger partial charge on any atom is 0.283 e. The Kier molecular flexibility index (Phi) is 9.34. The van der Waals surface area contributed by atoms with Gasteiger partial charge in [0.25, 0.3) is 11.2 Å². The standard InChI is InChI=1S/C28H23ClFN5O5S2/c1-28(2,3)23(36)14-25-34(15-24(37)33-17-6-7-19(30)18(29)13-17)26(38)22(41-25)12-16-5-8-21(20(11-16)35(39)40)42-27-31-9-4-10-32-27/h4-14H,15H2,1-3H3,(H,33,37)/b22-12+,25-14-. The number of nitro benzene ring substituents is 1. The van der Waals surface area contributed by atoms with Crippen LogP contribution in [0.3, 0.4) is 0 Å². The molecule has 0 fully saturated rings. The molecule has 0 aliphatic rings. The highest BCUT2D eigenvalue weighted by molar-refractivity contribution is 7.99. The summed E-state index contributed by atoms with van der Waals surface area (Å²) in [4.78, 5) is 58.9. The fraction of sp³-hybridized carbons (Fsp3) is 0.179. The average molecular weight is 628 g/mol. The van der Waals surface area contributed by atoms with Gasteiger partial charge in [-0.05, 0) is 53.7 Å². The van der Waals surface area contributed by atoms with E-state index in [0.717, 1.165) is 33.7 Å². The molecule has 10 nitrogen and oxygen atoms in total. The van der Waals surface area contributed by atoms with Crippen LogP contribution in [0.25, 0.3) is 12.2 Å². The number of halogens is 2. The van der Waals surface area contributed by atoms with Crippen molar-refractivity contribution < 1.29 is 18.9 Å². The van der Waals surface area contributed by atoms with E-state index in [0.29, 0.717) is 15.6 Å². The summed E-state index contributed by atoms with van der Waals surface area (Å²) in [5, 5.41) is 14.5. The van der Waals surface area contributed by atoms with Gasteiger partial charge in [0.15, 0.2) is 10.9 Å². The molecule has 216 valence electrons. The van der Waals surface area contributed by atoms with Crippen molar-refractivity contribution >= 4 is 69.9 Å². The first-order valence-electron chi connectivity index (χ1n) is 12.3. The number of rotatable bonds is 8. The van der Waals surface area contributed by atoms with Gasteiger partial charge < -0.3 is 5.32 Å². The van der Waals surface area contributed by atoms with Crippen molar-refractivity contribution in [2.24, 2.45) is 5.41 Å². The summed E-state index contributed by atoms with van der Waals surface area (Å²) in [5.74, 6) is -1.53. The third-order valence-corrected chi connectivity index (χ3v) is 7.96. The van der Waals surface area contributed by atoms with Crippen molar-refractivity contribution in [1.82, 2.24) is 14.5 Å². The molecular weight excluding hydrogens is 605 g/mol. The van der Waals surface area contributed by atoms with Crippen LogP contribution in [-0.4, -0.2) is 31.1 Å². The summed E-state index contributed by atoms with van der Waals surface area (Å²) < 4.78 is 15.0. The smallest absolute Gasteiger partial charge is 0.283 e. The van der Waals surface area contributed by atoms with Crippen LogP contribution in [0.1, 0.15) is 26.3 Å². The molecule has 2 heterocycles. The lowest BCUT2D eigenvalue weighted by Crippen LogP contribution is -2.36. The molecule has 0 atom stereocenters. The topological polar surface area (TPSA) is 137 Å². The van der Waals surface area contributed by atoms with Crippen molar-refractivity contribution in [1.29, 1.82) is 0 Å². The molecule has 0 unspecified atom stereocenters. The van der Waals surface area contributed by atoms with Crippen molar-refractivity contribution in [2.45, 2.75) is 37.4 Å². The molecule has 1 N–H and O–H groups in total. The first-order chi connectivity index (χ1) is 19.8. The van der Waals surface area contributed by atoms with E-state index in [-0.39, 0.29) is 31.4 Å². The molecule has 42 heavy (non-hydrogen) atoms. The van der Waals surface area contributed by atoms with Gasteiger partial charge in [-0.15, -0.1) is 11.3 Å². The Bertz CT molecular complexity index is 1870. The van der Waals surface area contributed by atoms with Crippen LogP contribution in [0.5, 0.6) is 0 Å². The number of amides is 1. The van der Waals surface area contributed by atoms with E-state index in [1.165, 1.54) is 48.8 Å². The Hall–Kier alpha value is -4.20. The third kappa shape index (κ3) is 7.55. The highest BCUT2D eigenvalue weighted by Crippen LogP contribution is 2.33. The highest BCUT2D eigenvalue weighted by Gasteiger charge is 2.21. The summed E-state index contributed by atoms with van der Waals surface area (Å²) in [6.45, 7) is 4.71. The SMILES string of the molecule is CC(C)(C)C(=O)/C=c1\s/c(=C/c2ccc(Sc3ncccn3)c([N+](=O)[O-])c2)c(=O)n1CC(=O)Nc1ccc(F)c(Cl)c1. The number of nitrogens with zero attached hydrogens (tertiary/aromatic N) is 4. The number of aromatic nitrogens is 3. The van der Waals surface area contributed by atoms with E-state index >= 15 is 0 Å². The fourth-order valence-corrected chi connectivity index (χ4v) is 5.50. The third-order valence-electron chi connectivity index (χ3n) is 5.66. The molecule has 0 spiro atoms. The Morgan fingerprint density at radius 1 is 1.19 bits per heavy atom. The van der Waals surface area contributed by atoms with Gasteiger partial charge in [-0.25, -0.2) is 14.4 Å². The molecule has 4 aromatic rings. The fourth-order valence-electron chi connectivity index (χ4n) is 3.48. The second kappa shape index (κ2) is 12.8. The van der Waals surface area contributed by atoms with E-state index in [1.807, 2.05) is 0 Å². The molecule has 0 aliphatic heterocycles. The first kappa shape index (κ1) is 30.8. The Morgan fingerprint density at radius 2 is 1.90 bits per heavy atom. The van der Waals surface area contributed by atoms with E-state index < -0.39 is 34.2 Å². The lowest BCUT2D eigenvalue weighted by Gasteiger charge is -2.13. The van der Waals surface area contributed by atoms with E-state index in [9.17, 15) is 28.9 Å². The maximum absolute atomic E-state index is 13.5. The number of hydrogen-bond acceptors (Lipinski definition) is 9. The van der Waals surface area contributed by atoms with Crippen molar-refractivity contribution in [3.05, 3.63) is 101 Å². The molecule has 0 saturated carbocycles. The van der Waals surface area contributed by atoms with Crippen molar-refractivity contribution in [2.75, 3.05) is 5.32 Å². The van der Waals surface area contributed by atoms with Crippen LogP contribution >= 0.6 is 34.7 Å². The van der Waals surface area contributed by atoms with Crippen LogP contribution in [-0.2, 0) is 16.1 Å². The zero-order chi connectivity index (χ0) is 30.6. The molecular formula is C28H23ClFN5O5S2. The summed E-state index contributed by atoms with van der Waals surface area (Å²) >= 11 is 7.79. The normalized spacial score (nSPS) is 12.4. The number of benzene rings is 2. The number of Topliss-reactive ketones (excluding diaryl/α,β-unsaturated/α-hetero) is 1. The minimum atomic E-state index is -0.752. The van der Waals surface area contributed by atoms with E-state index in [1.54, 1.807) is 32.9 Å². The van der Waals surface area contributed by atoms with Gasteiger partial charge in [-0.1, -0.05) is 38.4 Å². The Labute approximate surface area is 251 Å². The van der Waals surface area contributed by atoms with Gasteiger partial charge in [-0.2, -0.15) is 0 Å². The van der Waals surface area contributed by atoms with E-state index in [4.69, 9.17) is 11.6 Å². The van der Waals surface area contributed by atoms with Gasteiger partial charge in [-0.3, -0.25) is 29.1 Å². The lowest BCUT2D eigenvalue weighted by atomic mass is 9.91. The van der Waals surface area contributed by atoms with E-state index in [2.05, 4.69) is 15.3 Å². The van der Waals surface area contributed by atoms with Gasteiger partial charge in [0, 0.05) is 35.6 Å². The quantitative estimate of drug-likeness (QED) is 0.172. The van der Waals surface area contributed by atoms with Gasteiger partial charge in [0.1, 0.15) is 17.0 Å². The Morgan fingerprint density at radius 3 is 2.55 bits per heavy atom. The largest absolute Gasteiger partial charge is 0.324 e. The molecule has 0 saturated heterocycles. The van der Waals surface area contributed by atoms with Crippen molar-refractivity contribution in [3.8, 4) is 0 Å². The zero-order valence-electron chi connectivity index (χ0n) is 22.5. The van der Waals surface area contributed by atoms with Crippen LogP contribution in [0.2, 0.25) is 5.02 Å². The molecule has 1 amide bonds. The monoisotopic (exact) mass is 627 g/mol. The second-order valence-corrected chi connectivity index (χ2v) is 12.4. The van der Waals surface area contributed by atoms with Crippen LogP contribution in [0, 0.1) is 21.3 Å². The minimum absolute atomic E-state index is 0.154. The number of carbonyl (C=O) groups is 2. The lowest BCUT2D eigenvalue weighted by molar-refractivity contribution is -0.387. The molecule has 0 bridgehead atoms. The number of hydrogen-bond donors (Lipinski definition) is 1. The molecule has 2 aromatic heterocycles. The molecule has 0 aliphatic carbocycles. The molecule has 0 radical (unpaired) electrons. The number of ketones is 1. The number of thiazole rings is 1. The predicted octanol–water partition coefficient (Wildman–Crippen LogP) is 4.41. The van der Waals surface area contributed by atoms with Crippen LogP contribution < -0.4 is 20.1 Å². The Balaban J connectivity index is 1.75. The second-order valence-electron chi connectivity index (χ2n) is 9.89. The number of nitro groups is 1. The zero-order valence-corrected chi connectivity index (χ0v) is 24.8. The summed E-state index contributed by atoms with van der Waals surface area (Å²) in [7, 11) is 0. The van der Waals surface area contributed by atoms with Gasteiger partial charge >= 0.3 is 0 Å². The highest BCUT2D eigenvalue weighted by atomic mass is 35.5. The summed E-state index contributed by atoms with van der Waals surface area (Å²) in [6.07, 6.45) is 5.81. The minimum Gasteiger partial charge on any atom is -0.324 e. The molecule has 2 aromatic carbocycles. The summed E-state index contributed by atoms with van der Waals surface area (Å²) in [6, 6.07) is 9.75. The number of nitrogens with one attached hydrogen (secondary N) is 1. The van der Waals surface area contributed by atoms with Gasteiger partial charge in [0.2, 0.25) is 5.91 Å². The summed E-state index contributed by atoms with van der Waals surface area (Å²) in [5.41, 5.74) is -0.934. The first-order valence-corrected chi connectivity index (χ1v) is 14.3. The maximum atomic E-state index is 13.5. The molecule has 14 heteroatoms. The molecule has 4 rings (SSSR count).